The molecule has 2 saturated heterocycles. The van der Waals surface area contributed by atoms with Crippen molar-refractivity contribution in [2.45, 2.75) is 23.9 Å². The van der Waals surface area contributed by atoms with Gasteiger partial charge in [0.15, 0.2) is 0 Å². The molecule has 0 saturated carbocycles. The number of hydrogen-bond acceptors (Lipinski definition) is 6. The van der Waals surface area contributed by atoms with Crippen LogP contribution in [0.1, 0.15) is 18.4 Å². The number of anilines is 1. The van der Waals surface area contributed by atoms with Crippen molar-refractivity contribution in [3.63, 3.8) is 0 Å². The van der Waals surface area contributed by atoms with Gasteiger partial charge in [0.1, 0.15) is 10.7 Å². The number of alkyl halides is 3. The lowest BCUT2D eigenvalue weighted by Gasteiger charge is -2.38. The Kier molecular flexibility index (Phi) is 6.57. The molecule has 0 unspecified atom stereocenters. The molecule has 0 bridgehead atoms. The quantitative estimate of drug-likeness (QED) is 0.663. The molecule has 2 aliphatic heterocycles. The largest absolute Gasteiger partial charge is 0.417 e. The van der Waals surface area contributed by atoms with Crippen LogP contribution in [0.15, 0.2) is 47.8 Å². The van der Waals surface area contributed by atoms with Crippen molar-refractivity contribution in [2.75, 3.05) is 44.2 Å². The Morgan fingerprint density at radius 3 is 2.21 bits per heavy atom. The van der Waals surface area contributed by atoms with E-state index in [1.54, 1.807) is 11.0 Å². The summed E-state index contributed by atoms with van der Waals surface area (Å²) in [5.74, 6) is 0.193. The maximum atomic E-state index is 13.0. The molecule has 0 atom stereocenters. The van der Waals surface area contributed by atoms with E-state index < -0.39 is 21.8 Å². The minimum absolute atomic E-state index is 0.00606. The first-order valence-electron chi connectivity index (χ1n) is 10.6. The highest BCUT2D eigenvalue weighted by Gasteiger charge is 2.35. The summed E-state index contributed by atoms with van der Waals surface area (Å²) in [4.78, 5) is 24.5. The second-order valence-corrected chi connectivity index (χ2v) is 10.0. The molecule has 1 amide bonds. The Balaban J connectivity index is 1.29. The monoisotopic (exact) mass is 483 g/mol. The van der Waals surface area contributed by atoms with Crippen molar-refractivity contribution >= 4 is 21.7 Å². The first kappa shape index (κ1) is 23.4. The van der Waals surface area contributed by atoms with Gasteiger partial charge < -0.3 is 9.80 Å². The van der Waals surface area contributed by atoms with E-state index in [1.165, 1.54) is 28.8 Å². The lowest BCUT2D eigenvalue weighted by atomic mass is 9.96. The maximum Gasteiger partial charge on any atom is 0.417 e. The molecule has 4 rings (SSSR count). The average Bonchev–Trinajstić information content (AvgIpc) is 2.84. The molecule has 0 aromatic carbocycles. The van der Waals surface area contributed by atoms with Gasteiger partial charge in [-0.25, -0.2) is 13.4 Å². The lowest BCUT2D eigenvalue weighted by molar-refractivity contribution is -0.138. The number of hydrogen-bond donors (Lipinski definition) is 0. The fourth-order valence-electron chi connectivity index (χ4n) is 4.15. The molecule has 0 N–H and O–H groups in total. The highest BCUT2D eigenvalue weighted by atomic mass is 32.2. The topological polar surface area (TPSA) is 86.7 Å². The predicted octanol–water partition coefficient (Wildman–Crippen LogP) is 2.24. The first-order valence-corrected chi connectivity index (χ1v) is 12.1. The Bertz CT molecular complexity index is 1060. The molecule has 2 aliphatic rings. The van der Waals surface area contributed by atoms with Gasteiger partial charge in [-0.3, -0.25) is 9.78 Å². The normalized spacial score (nSPS) is 19.0. The van der Waals surface area contributed by atoms with Gasteiger partial charge in [0.2, 0.25) is 15.9 Å². The van der Waals surface area contributed by atoms with Crippen LogP contribution in [0.5, 0.6) is 0 Å². The van der Waals surface area contributed by atoms with E-state index in [0.717, 1.165) is 12.3 Å². The highest BCUT2D eigenvalue weighted by Crippen LogP contribution is 2.30. The summed E-state index contributed by atoms with van der Waals surface area (Å²) < 4.78 is 65.0. The van der Waals surface area contributed by atoms with Crippen LogP contribution in [0.4, 0.5) is 19.0 Å². The molecule has 8 nitrogen and oxygen atoms in total. The Hall–Kier alpha value is -2.73. The summed E-state index contributed by atoms with van der Waals surface area (Å²) in [5, 5.41) is 0. The Labute approximate surface area is 190 Å². The second kappa shape index (κ2) is 9.26. The number of piperidine rings is 1. The van der Waals surface area contributed by atoms with Crippen molar-refractivity contribution in [1.82, 2.24) is 19.2 Å². The number of sulfonamides is 1. The van der Waals surface area contributed by atoms with E-state index in [9.17, 15) is 26.4 Å². The van der Waals surface area contributed by atoms with Gasteiger partial charge in [0, 0.05) is 63.8 Å². The summed E-state index contributed by atoms with van der Waals surface area (Å²) >= 11 is 0. The van der Waals surface area contributed by atoms with E-state index in [4.69, 9.17) is 0 Å². The zero-order valence-corrected chi connectivity index (χ0v) is 18.6. The van der Waals surface area contributed by atoms with Gasteiger partial charge in [-0.1, -0.05) is 0 Å². The molecule has 178 valence electrons. The van der Waals surface area contributed by atoms with Crippen LogP contribution < -0.4 is 4.90 Å². The van der Waals surface area contributed by atoms with Gasteiger partial charge in [-0.15, -0.1) is 0 Å². The maximum absolute atomic E-state index is 13.0. The van der Waals surface area contributed by atoms with E-state index in [0.29, 0.717) is 44.8 Å². The minimum Gasteiger partial charge on any atom is -0.353 e. The number of aromatic nitrogens is 2. The zero-order chi connectivity index (χ0) is 23.6. The van der Waals surface area contributed by atoms with Crippen LogP contribution in [0.25, 0.3) is 0 Å². The number of amides is 1. The van der Waals surface area contributed by atoms with Crippen LogP contribution in [0, 0.1) is 5.92 Å². The molecule has 2 aromatic rings. The van der Waals surface area contributed by atoms with Crippen molar-refractivity contribution in [1.29, 1.82) is 0 Å². The molecule has 12 heteroatoms. The van der Waals surface area contributed by atoms with E-state index in [1.807, 2.05) is 4.90 Å². The highest BCUT2D eigenvalue weighted by molar-refractivity contribution is 7.89. The summed E-state index contributed by atoms with van der Waals surface area (Å²) in [5.41, 5.74) is -0.794. The van der Waals surface area contributed by atoms with Crippen molar-refractivity contribution in [3.05, 3.63) is 48.4 Å². The first-order chi connectivity index (χ1) is 15.7. The van der Waals surface area contributed by atoms with Crippen molar-refractivity contribution in [3.8, 4) is 0 Å². The van der Waals surface area contributed by atoms with E-state index >= 15 is 0 Å². The van der Waals surface area contributed by atoms with Crippen LogP contribution >= 0.6 is 0 Å². The third kappa shape index (κ3) is 5.11. The van der Waals surface area contributed by atoms with Crippen LogP contribution in [0.3, 0.4) is 0 Å². The SMILES string of the molecule is O=C(C1CCN(S(=O)(=O)c2cccnc2)CC1)N1CCN(c2ccc(C(F)(F)F)cn2)CC1. The smallest absolute Gasteiger partial charge is 0.353 e. The van der Waals surface area contributed by atoms with Crippen molar-refractivity contribution < 1.29 is 26.4 Å². The predicted molar refractivity (Wildman–Crippen MR) is 114 cm³/mol. The molecule has 0 aliphatic carbocycles. The number of piperazine rings is 1. The number of carbonyl (C=O) groups excluding carboxylic acids is 1. The molecule has 0 radical (unpaired) electrons. The standard InChI is InChI=1S/C21H24F3N5O3S/c22-21(23,24)17-3-4-19(26-14-17)27-10-12-28(13-11-27)20(30)16-5-8-29(9-6-16)33(31,32)18-2-1-7-25-15-18/h1-4,7,14-16H,5-6,8-13H2. The molecule has 2 aromatic heterocycles. The fraction of sp³-hybridized carbons (Fsp3) is 0.476. The fourth-order valence-corrected chi connectivity index (χ4v) is 5.58. The van der Waals surface area contributed by atoms with Gasteiger partial charge in [-0.05, 0) is 37.1 Å². The second-order valence-electron chi connectivity index (χ2n) is 8.08. The van der Waals surface area contributed by atoms with E-state index in [2.05, 4.69) is 9.97 Å². The summed E-state index contributed by atoms with van der Waals surface area (Å²) in [6, 6.07) is 5.43. The van der Waals surface area contributed by atoms with Gasteiger partial charge >= 0.3 is 6.18 Å². The summed E-state index contributed by atoms with van der Waals surface area (Å²) in [6.07, 6.45) is 0.108. The summed E-state index contributed by atoms with van der Waals surface area (Å²) in [7, 11) is -3.62. The number of pyridine rings is 2. The van der Waals surface area contributed by atoms with Crippen LogP contribution in [-0.4, -0.2) is 72.8 Å². The third-order valence-electron chi connectivity index (χ3n) is 6.07. The molecular formula is C21H24F3N5O3S. The van der Waals surface area contributed by atoms with Crippen molar-refractivity contribution in [2.24, 2.45) is 5.92 Å². The average molecular weight is 484 g/mol. The Morgan fingerprint density at radius 2 is 1.67 bits per heavy atom. The molecular weight excluding hydrogens is 459 g/mol. The minimum atomic E-state index is -4.43. The molecule has 0 spiro atoms. The zero-order valence-electron chi connectivity index (χ0n) is 17.8. The van der Waals surface area contributed by atoms with E-state index in [-0.39, 0.29) is 29.8 Å². The number of rotatable bonds is 4. The Morgan fingerprint density at radius 1 is 0.970 bits per heavy atom. The molecule has 4 heterocycles. The number of halogens is 3. The van der Waals surface area contributed by atoms with Crippen LogP contribution in [0.2, 0.25) is 0 Å². The van der Waals surface area contributed by atoms with Crippen LogP contribution in [-0.2, 0) is 21.0 Å². The number of nitrogens with zero attached hydrogens (tertiary/aromatic N) is 5. The number of carbonyl (C=O) groups is 1. The molecule has 2 fully saturated rings. The summed E-state index contributed by atoms with van der Waals surface area (Å²) in [6.45, 7) is 2.36. The lowest BCUT2D eigenvalue weighted by Crippen LogP contribution is -2.52. The van der Waals surface area contributed by atoms with Gasteiger partial charge in [0.05, 0.1) is 5.56 Å². The van der Waals surface area contributed by atoms with Gasteiger partial charge in [-0.2, -0.15) is 17.5 Å². The third-order valence-corrected chi connectivity index (χ3v) is 7.95. The van der Waals surface area contributed by atoms with Gasteiger partial charge in [0.25, 0.3) is 0 Å². The molecule has 33 heavy (non-hydrogen) atoms.